The molecule has 2 fully saturated rings. The summed E-state index contributed by atoms with van der Waals surface area (Å²) in [7, 11) is 0. The Labute approximate surface area is 136 Å². The molecule has 0 saturated carbocycles. The van der Waals surface area contributed by atoms with Crippen molar-refractivity contribution >= 4 is 11.8 Å². The predicted molar refractivity (Wildman–Crippen MR) is 86.4 cm³/mol. The smallest absolute Gasteiger partial charge is 0.323 e. The normalized spacial score (nSPS) is 29.0. The van der Waals surface area contributed by atoms with Crippen LogP contribution in [0, 0.1) is 6.92 Å². The second-order valence-corrected chi connectivity index (χ2v) is 6.72. The molecule has 3 heterocycles. The second-order valence-electron chi connectivity index (χ2n) is 6.72. The lowest BCUT2D eigenvalue weighted by Crippen LogP contribution is -2.51. The number of ether oxygens (including phenoxy) is 1. The van der Waals surface area contributed by atoms with Crippen molar-refractivity contribution in [3.8, 4) is 0 Å². The van der Waals surface area contributed by atoms with Gasteiger partial charge in [-0.1, -0.05) is 5.16 Å². The fourth-order valence-electron chi connectivity index (χ4n) is 3.63. The van der Waals surface area contributed by atoms with Crippen molar-refractivity contribution in [1.29, 1.82) is 0 Å². The molecule has 23 heavy (non-hydrogen) atoms. The molecule has 2 aliphatic heterocycles. The average molecular weight is 322 g/mol. The van der Waals surface area contributed by atoms with Crippen LogP contribution in [0.3, 0.4) is 0 Å². The van der Waals surface area contributed by atoms with Gasteiger partial charge < -0.3 is 14.2 Å². The van der Waals surface area contributed by atoms with E-state index in [2.05, 4.69) is 29.2 Å². The van der Waals surface area contributed by atoms with Crippen LogP contribution < -0.4 is 5.32 Å². The lowest BCUT2D eigenvalue weighted by atomic mass is 10.1. The van der Waals surface area contributed by atoms with Gasteiger partial charge in [0.25, 0.3) is 0 Å². The van der Waals surface area contributed by atoms with Gasteiger partial charge in [0, 0.05) is 38.3 Å². The van der Waals surface area contributed by atoms with Crippen molar-refractivity contribution in [2.75, 3.05) is 31.5 Å². The lowest BCUT2D eigenvalue weighted by molar-refractivity contribution is -0.0712. The number of morpholine rings is 1. The Morgan fingerprint density at radius 1 is 1.39 bits per heavy atom. The van der Waals surface area contributed by atoms with E-state index in [4.69, 9.17) is 9.26 Å². The highest BCUT2D eigenvalue weighted by molar-refractivity contribution is 5.88. The number of hydrogen-bond acceptors (Lipinski definition) is 5. The van der Waals surface area contributed by atoms with E-state index >= 15 is 0 Å². The molecular formula is C16H26N4O3. The fourth-order valence-corrected chi connectivity index (χ4v) is 3.63. The van der Waals surface area contributed by atoms with Crippen LogP contribution >= 0.6 is 0 Å². The zero-order chi connectivity index (χ0) is 16.4. The molecule has 7 heteroatoms. The third kappa shape index (κ3) is 4.03. The molecule has 0 bridgehead atoms. The summed E-state index contributed by atoms with van der Waals surface area (Å²) in [6, 6.07) is 1.89. The molecule has 2 saturated heterocycles. The van der Waals surface area contributed by atoms with Crippen LogP contribution in [0.15, 0.2) is 10.6 Å². The summed E-state index contributed by atoms with van der Waals surface area (Å²) in [5.41, 5.74) is 0. The third-order valence-corrected chi connectivity index (χ3v) is 4.47. The maximum atomic E-state index is 12.5. The van der Waals surface area contributed by atoms with Crippen molar-refractivity contribution in [1.82, 2.24) is 15.0 Å². The topological polar surface area (TPSA) is 70.8 Å². The maximum absolute atomic E-state index is 12.5. The van der Waals surface area contributed by atoms with Crippen molar-refractivity contribution < 1.29 is 14.1 Å². The molecule has 0 radical (unpaired) electrons. The zero-order valence-electron chi connectivity index (χ0n) is 14.1. The Balaban J connectivity index is 1.57. The first kappa shape index (κ1) is 16.3. The highest BCUT2D eigenvalue weighted by atomic mass is 16.5. The van der Waals surface area contributed by atoms with Gasteiger partial charge in [-0.25, -0.2) is 4.79 Å². The monoisotopic (exact) mass is 322 g/mol. The van der Waals surface area contributed by atoms with E-state index in [1.165, 1.54) is 0 Å². The maximum Gasteiger partial charge on any atom is 0.323 e. The Morgan fingerprint density at radius 2 is 2.13 bits per heavy atom. The molecule has 0 spiro atoms. The SMILES string of the molecule is Cc1cc(NC(=O)N2CCC[C@H]2CN2C[C@@H](C)O[C@@H](C)C2)no1. The molecule has 7 nitrogen and oxygen atoms in total. The second kappa shape index (κ2) is 6.88. The predicted octanol–water partition coefficient (Wildman–Crippen LogP) is 2.09. The molecule has 1 aromatic rings. The summed E-state index contributed by atoms with van der Waals surface area (Å²) in [6.07, 6.45) is 2.59. The van der Waals surface area contributed by atoms with E-state index < -0.39 is 0 Å². The number of hydrogen-bond donors (Lipinski definition) is 1. The van der Waals surface area contributed by atoms with Gasteiger partial charge in [-0.05, 0) is 33.6 Å². The largest absolute Gasteiger partial charge is 0.373 e. The summed E-state index contributed by atoms with van der Waals surface area (Å²) >= 11 is 0. The zero-order valence-corrected chi connectivity index (χ0v) is 14.1. The summed E-state index contributed by atoms with van der Waals surface area (Å²) in [5.74, 6) is 1.17. The van der Waals surface area contributed by atoms with Crippen LogP contribution in [0.2, 0.25) is 0 Å². The summed E-state index contributed by atoms with van der Waals surface area (Å²) in [4.78, 5) is 16.8. The average Bonchev–Trinajstić information content (AvgIpc) is 3.07. The van der Waals surface area contributed by atoms with E-state index in [-0.39, 0.29) is 24.3 Å². The molecule has 0 aromatic carbocycles. The molecule has 2 aliphatic rings. The molecule has 128 valence electrons. The van der Waals surface area contributed by atoms with Gasteiger partial charge >= 0.3 is 6.03 Å². The summed E-state index contributed by atoms with van der Waals surface area (Å²) in [5, 5.41) is 6.66. The minimum Gasteiger partial charge on any atom is -0.373 e. The minimum absolute atomic E-state index is 0.0878. The van der Waals surface area contributed by atoms with Crippen molar-refractivity contribution in [2.24, 2.45) is 0 Å². The van der Waals surface area contributed by atoms with E-state index in [1.807, 2.05) is 11.8 Å². The Morgan fingerprint density at radius 3 is 2.78 bits per heavy atom. The van der Waals surface area contributed by atoms with E-state index in [1.54, 1.807) is 6.07 Å². The molecule has 1 aromatic heterocycles. The van der Waals surface area contributed by atoms with Crippen LogP contribution in [-0.4, -0.2) is 65.4 Å². The van der Waals surface area contributed by atoms with Gasteiger partial charge in [-0.3, -0.25) is 10.2 Å². The number of aryl methyl sites for hydroxylation is 1. The van der Waals surface area contributed by atoms with Gasteiger partial charge in [-0.15, -0.1) is 0 Å². The molecular weight excluding hydrogens is 296 g/mol. The number of urea groups is 1. The van der Waals surface area contributed by atoms with Crippen LogP contribution in [0.1, 0.15) is 32.4 Å². The standard InChI is InChI=1S/C16H26N4O3/c1-11-7-15(18-23-11)17-16(21)20-6-4-5-14(20)10-19-8-12(2)22-13(3)9-19/h7,12-14H,4-6,8-10H2,1-3H3,(H,17,18,21)/t12-,13+,14-/m0/s1. The van der Waals surface area contributed by atoms with Crippen LogP contribution in [0.25, 0.3) is 0 Å². The molecule has 3 atom stereocenters. The van der Waals surface area contributed by atoms with Gasteiger partial charge in [-0.2, -0.15) is 0 Å². The number of nitrogens with one attached hydrogen (secondary N) is 1. The molecule has 0 aliphatic carbocycles. The van der Waals surface area contributed by atoms with Crippen LogP contribution in [-0.2, 0) is 4.74 Å². The first-order valence-corrected chi connectivity index (χ1v) is 8.40. The Hall–Kier alpha value is -1.60. The van der Waals surface area contributed by atoms with Gasteiger partial charge in [0.1, 0.15) is 5.76 Å². The van der Waals surface area contributed by atoms with Crippen molar-refractivity contribution in [3.05, 3.63) is 11.8 Å². The number of carbonyl (C=O) groups excluding carboxylic acids is 1. The minimum atomic E-state index is -0.0878. The quantitative estimate of drug-likeness (QED) is 0.922. The number of anilines is 1. The van der Waals surface area contributed by atoms with Gasteiger partial charge in [0.05, 0.1) is 12.2 Å². The molecule has 3 rings (SSSR count). The number of amides is 2. The Bertz CT molecular complexity index is 537. The number of carbonyl (C=O) groups is 1. The summed E-state index contributed by atoms with van der Waals surface area (Å²) < 4.78 is 10.8. The van der Waals surface area contributed by atoms with Crippen LogP contribution in [0.5, 0.6) is 0 Å². The molecule has 1 N–H and O–H groups in total. The van der Waals surface area contributed by atoms with Crippen molar-refractivity contribution in [2.45, 2.75) is 51.9 Å². The highest BCUT2D eigenvalue weighted by Gasteiger charge is 2.32. The van der Waals surface area contributed by atoms with Crippen LogP contribution in [0.4, 0.5) is 10.6 Å². The van der Waals surface area contributed by atoms with E-state index in [9.17, 15) is 4.79 Å². The van der Waals surface area contributed by atoms with E-state index in [0.717, 1.165) is 39.0 Å². The van der Waals surface area contributed by atoms with Gasteiger partial charge in [0.15, 0.2) is 5.82 Å². The van der Waals surface area contributed by atoms with Crippen molar-refractivity contribution in [3.63, 3.8) is 0 Å². The first-order valence-electron chi connectivity index (χ1n) is 8.40. The number of likely N-dealkylation sites (tertiary alicyclic amines) is 1. The van der Waals surface area contributed by atoms with E-state index in [0.29, 0.717) is 11.6 Å². The molecule has 2 amide bonds. The molecule has 0 unspecified atom stereocenters. The number of nitrogens with zero attached hydrogens (tertiary/aromatic N) is 3. The number of aromatic nitrogens is 1. The lowest BCUT2D eigenvalue weighted by Gasteiger charge is -2.38. The fraction of sp³-hybridized carbons (Fsp3) is 0.750. The Kier molecular flexibility index (Phi) is 4.87. The first-order chi connectivity index (χ1) is 11.0. The van der Waals surface area contributed by atoms with Gasteiger partial charge in [0.2, 0.25) is 0 Å². The third-order valence-electron chi connectivity index (χ3n) is 4.47. The highest BCUT2D eigenvalue weighted by Crippen LogP contribution is 2.21. The summed E-state index contributed by atoms with van der Waals surface area (Å²) in [6.45, 7) is 9.58. The number of rotatable bonds is 3.